The van der Waals surface area contributed by atoms with Gasteiger partial charge in [-0.2, -0.15) is 0 Å². The van der Waals surface area contributed by atoms with Crippen molar-refractivity contribution in [2.24, 2.45) is 0 Å². The first-order valence-corrected chi connectivity index (χ1v) is 22.5. The van der Waals surface area contributed by atoms with Crippen molar-refractivity contribution in [1.29, 1.82) is 0 Å². The Bertz CT molecular complexity index is 3850. The van der Waals surface area contributed by atoms with E-state index in [2.05, 4.69) is 205 Å². The summed E-state index contributed by atoms with van der Waals surface area (Å²) in [5.74, 6) is 0. The van der Waals surface area contributed by atoms with E-state index in [4.69, 9.17) is 4.42 Å². The lowest BCUT2D eigenvalue weighted by atomic mass is 10.0. The summed E-state index contributed by atoms with van der Waals surface area (Å²) in [6.45, 7) is 2.16. The van der Waals surface area contributed by atoms with Crippen molar-refractivity contribution < 1.29 is 4.42 Å². The van der Waals surface area contributed by atoms with Crippen molar-refractivity contribution in [3.05, 3.63) is 186 Å². The Balaban J connectivity index is 1.04. The number of fused-ring (bicyclic) bond motifs is 12. The van der Waals surface area contributed by atoms with Gasteiger partial charge in [0.25, 0.3) is 0 Å². The zero-order chi connectivity index (χ0) is 38.8. The smallest absolute Gasteiger partial charge is 0.136 e. The molecular formula is C54H34IN3O. The van der Waals surface area contributed by atoms with E-state index >= 15 is 0 Å². The Morgan fingerprint density at radius 1 is 0.407 bits per heavy atom. The van der Waals surface area contributed by atoms with Gasteiger partial charge in [0.15, 0.2) is 0 Å². The summed E-state index contributed by atoms with van der Waals surface area (Å²) in [7, 11) is 0. The van der Waals surface area contributed by atoms with Gasteiger partial charge in [-0.15, -0.1) is 0 Å². The Kier molecular flexibility index (Phi) is 7.01. The fourth-order valence-corrected chi connectivity index (χ4v) is 11.1. The van der Waals surface area contributed by atoms with Crippen LogP contribution in [0, 0.1) is 6.92 Å². The summed E-state index contributed by atoms with van der Waals surface area (Å²) >= 11 is -0.0688. The summed E-state index contributed by atoms with van der Waals surface area (Å²) in [5, 5.41) is 9.66. The van der Waals surface area contributed by atoms with Crippen molar-refractivity contribution in [3.63, 3.8) is 0 Å². The number of para-hydroxylation sites is 3. The molecule has 1 aliphatic rings. The van der Waals surface area contributed by atoms with Crippen molar-refractivity contribution in [2.45, 2.75) is 6.92 Å². The summed E-state index contributed by atoms with van der Waals surface area (Å²) in [4.78, 5) is 0. The Morgan fingerprint density at radius 2 is 1.00 bits per heavy atom. The van der Waals surface area contributed by atoms with Crippen molar-refractivity contribution in [3.8, 4) is 22.5 Å². The van der Waals surface area contributed by atoms with Gasteiger partial charge < -0.3 is 18.1 Å². The van der Waals surface area contributed by atoms with Gasteiger partial charge in [-0.25, -0.2) is 0 Å². The topological polar surface area (TPSA) is 27.9 Å². The predicted molar refractivity (Wildman–Crippen MR) is 259 cm³/mol. The molecule has 0 unspecified atom stereocenters. The lowest BCUT2D eigenvalue weighted by molar-refractivity contribution is 0.669. The van der Waals surface area contributed by atoms with Gasteiger partial charge >= 0.3 is 0 Å². The lowest BCUT2D eigenvalue weighted by Crippen LogP contribution is -1.96. The Labute approximate surface area is 348 Å². The van der Waals surface area contributed by atoms with Crippen LogP contribution in [0.15, 0.2) is 184 Å². The molecule has 5 heteroatoms. The van der Waals surface area contributed by atoms with Crippen molar-refractivity contribution in [2.75, 3.05) is 0 Å². The van der Waals surface area contributed by atoms with E-state index in [1.54, 1.807) is 0 Å². The number of hydrogen-bond donors (Lipinski definition) is 0. The normalized spacial score (nSPS) is 13.3. The molecule has 8 aromatic carbocycles. The van der Waals surface area contributed by atoms with Gasteiger partial charge in [-0.1, -0.05) is 106 Å². The van der Waals surface area contributed by atoms with Gasteiger partial charge in [0.1, 0.15) is 11.2 Å². The molecule has 0 saturated carbocycles. The van der Waals surface area contributed by atoms with E-state index in [1.807, 2.05) is 0 Å². The number of benzene rings is 8. The maximum atomic E-state index is 6.61. The number of nitrogens with zero attached hydrogens (tertiary/aromatic N) is 3. The average molecular weight is 868 g/mol. The highest BCUT2D eigenvalue weighted by Crippen LogP contribution is 2.43. The van der Waals surface area contributed by atoms with Crippen LogP contribution in [0.2, 0.25) is 0 Å². The molecule has 0 spiro atoms. The third-order valence-corrected chi connectivity index (χ3v) is 13.9. The molecule has 1 aliphatic heterocycles. The fourth-order valence-electron chi connectivity index (χ4n) is 9.70. The highest BCUT2D eigenvalue weighted by molar-refractivity contribution is 14.2. The first-order chi connectivity index (χ1) is 29.2. The molecule has 4 aromatic heterocycles. The molecule has 0 aliphatic carbocycles. The minimum absolute atomic E-state index is 0.0688. The number of furan rings is 1. The quantitative estimate of drug-likeness (QED) is 0.162. The van der Waals surface area contributed by atoms with Crippen LogP contribution < -0.4 is 0 Å². The highest BCUT2D eigenvalue weighted by atomic mass is 127. The molecule has 0 atom stereocenters. The maximum Gasteiger partial charge on any atom is 0.136 e. The van der Waals surface area contributed by atoms with Crippen LogP contribution in [-0.4, -0.2) is 17.7 Å². The van der Waals surface area contributed by atoms with E-state index in [1.165, 1.54) is 87.9 Å². The average Bonchev–Trinajstić information content (AvgIpc) is 4.00. The molecule has 13 rings (SSSR count). The van der Waals surface area contributed by atoms with Crippen LogP contribution in [0.1, 0.15) is 5.56 Å². The third-order valence-electron chi connectivity index (χ3n) is 12.3. The van der Waals surface area contributed by atoms with Crippen LogP contribution in [0.4, 0.5) is 0 Å². The molecule has 5 heterocycles. The Hall–Kier alpha value is -6.96. The van der Waals surface area contributed by atoms with Crippen LogP contribution >= 0.6 is 20.7 Å². The second kappa shape index (κ2) is 12.5. The molecule has 278 valence electrons. The van der Waals surface area contributed by atoms with E-state index in [-0.39, 0.29) is 20.7 Å². The highest BCUT2D eigenvalue weighted by Gasteiger charge is 2.21. The van der Waals surface area contributed by atoms with Crippen molar-refractivity contribution >= 4 is 118 Å². The number of aromatic nitrogens is 3. The number of rotatable bonds is 4. The molecule has 0 saturated heterocycles. The number of allylic oxidation sites excluding steroid dienone is 3. The second-order valence-electron chi connectivity index (χ2n) is 15.6. The third kappa shape index (κ3) is 4.85. The molecule has 12 aromatic rings. The predicted octanol–water partition coefficient (Wildman–Crippen LogP) is 15.0. The number of hydrogen-bond acceptors (Lipinski definition) is 1. The molecule has 0 radical (unpaired) electrons. The Morgan fingerprint density at radius 3 is 1.75 bits per heavy atom. The van der Waals surface area contributed by atoms with Gasteiger partial charge in [-0.3, -0.25) is 0 Å². The minimum atomic E-state index is -0.0688. The van der Waals surface area contributed by atoms with E-state index in [9.17, 15) is 0 Å². The summed E-state index contributed by atoms with van der Waals surface area (Å²) in [6, 6.07) is 60.1. The minimum Gasteiger partial charge on any atom is -0.456 e. The first-order valence-electron chi connectivity index (χ1n) is 20.0. The molecule has 0 N–H and O–H groups in total. The van der Waals surface area contributed by atoms with Crippen LogP contribution in [0.3, 0.4) is 0 Å². The van der Waals surface area contributed by atoms with Gasteiger partial charge in [0.2, 0.25) is 0 Å². The van der Waals surface area contributed by atoms with E-state index in [0.29, 0.717) is 0 Å². The molecule has 0 amide bonds. The summed E-state index contributed by atoms with van der Waals surface area (Å²) in [6.07, 6.45) is 4.63. The van der Waals surface area contributed by atoms with Gasteiger partial charge in [0.05, 0.1) is 33.1 Å². The maximum absolute atomic E-state index is 6.61. The summed E-state index contributed by atoms with van der Waals surface area (Å²) in [5.41, 5.74) is 16.1. The van der Waals surface area contributed by atoms with Gasteiger partial charge in [0, 0.05) is 60.2 Å². The molecule has 0 bridgehead atoms. The first kappa shape index (κ1) is 33.1. The number of aryl methyl sites for hydroxylation is 1. The monoisotopic (exact) mass is 867 g/mol. The second-order valence-corrected chi connectivity index (χ2v) is 17.8. The molecule has 0 fully saturated rings. The zero-order valence-corrected chi connectivity index (χ0v) is 34.2. The van der Waals surface area contributed by atoms with E-state index < -0.39 is 0 Å². The standard InChI is InChI=1S/C54H34IN3O/c1-33-10-9-13-38(26-33)58-48-17-8-6-15-40(48)44-32-54-46(31-52(44)58)45-27-34(19-21-53(45)59-54)35-18-20-41-43-30-50-42(29-51(43)57(49(41)28-35)37-22-24-55-25-23-37)39-14-5-7-16-47(39)56(50)36-11-3-2-4-12-36/h2-32H,1H3. The molecular weight excluding hydrogens is 834 g/mol. The molecule has 59 heavy (non-hydrogen) atoms. The van der Waals surface area contributed by atoms with Crippen molar-refractivity contribution in [1.82, 2.24) is 13.7 Å². The SMILES string of the molecule is Cc1cccc(-n2c3ccccc3c3cc4oc5ccc(-c6ccc7c8cc9c(cc8n(C8=CC=IC=C8)c7c6)c6ccccc6n9-c6ccccc6)cc5c4cc32)c1. The summed E-state index contributed by atoms with van der Waals surface area (Å²) < 4.78 is 18.6. The van der Waals surface area contributed by atoms with Crippen LogP contribution in [0.25, 0.3) is 116 Å². The van der Waals surface area contributed by atoms with E-state index in [0.717, 1.165) is 33.2 Å². The van der Waals surface area contributed by atoms with Gasteiger partial charge in [-0.05, 0) is 123 Å². The number of halogens is 1. The lowest BCUT2D eigenvalue weighted by Gasteiger charge is -2.11. The largest absolute Gasteiger partial charge is 0.456 e. The fraction of sp³-hybridized carbons (Fsp3) is 0.0185. The molecule has 4 nitrogen and oxygen atoms in total. The van der Waals surface area contributed by atoms with Crippen LogP contribution in [0.5, 0.6) is 0 Å². The zero-order valence-electron chi connectivity index (χ0n) is 32.0. The van der Waals surface area contributed by atoms with Crippen LogP contribution in [-0.2, 0) is 0 Å².